The molecule has 0 atom stereocenters. The molecule has 1 fully saturated rings. The average Bonchev–Trinajstić information content (AvgIpc) is 3.59. The fourth-order valence-corrected chi connectivity index (χ4v) is 5.08. The molecule has 10 heteroatoms. The van der Waals surface area contributed by atoms with Crippen LogP contribution in [0.4, 0.5) is 10.8 Å². The molecule has 1 aliphatic rings. The molecular weight excluding hydrogens is 434 g/mol. The van der Waals surface area contributed by atoms with Crippen molar-refractivity contribution in [3.05, 3.63) is 71.9 Å². The van der Waals surface area contributed by atoms with Gasteiger partial charge in [0.05, 0.1) is 12.4 Å². The molecule has 0 saturated carbocycles. The number of aromatic nitrogens is 7. The van der Waals surface area contributed by atoms with Gasteiger partial charge in [0.15, 0.2) is 5.65 Å². The summed E-state index contributed by atoms with van der Waals surface area (Å²) in [6.45, 7) is 3.57. The number of benzene rings is 1. The van der Waals surface area contributed by atoms with Gasteiger partial charge in [-0.25, -0.2) is 9.50 Å². The van der Waals surface area contributed by atoms with E-state index in [4.69, 9.17) is 4.98 Å². The predicted octanol–water partition coefficient (Wildman–Crippen LogP) is 2.90. The van der Waals surface area contributed by atoms with Gasteiger partial charge in [-0.15, -0.1) is 10.2 Å². The summed E-state index contributed by atoms with van der Waals surface area (Å²) in [5.74, 6) is 0. The number of fused-ring (bicyclic) bond motifs is 1. The summed E-state index contributed by atoms with van der Waals surface area (Å²) in [5, 5.41) is 19.7. The van der Waals surface area contributed by atoms with E-state index in [0.717, 1.165) is 65.2 Å². The van der Waals surface area contributed by atoms with E-state index in [1.807, 2.05) is 48.6 Å². The zero-order chi connectivity index (χ0) is 22.2. The first-order chi connectivity index (χ1) is 16.2. The van der Waals surface area contributed by atoms with Crippen LogP contribution >= 0.6 is 11.3 Å². The summed E-state index contributed by atoms with van der Waals surface area (Å²) < 4.78 is 3.64. The van der Waals surface area contributed by atoms with Crippen molar-refractivity contribution in [3.63, 3.8) is 0 Å². The molecule has 0 bridgehead atoms. The number of rotatable bonds is 5. The number of nitrogens with zero attached hydrogens (tertiary/aromatic N) is 9. The highest BCUT2D eigenvalue weighted by molar-refractivity contribution is 7.15. The molecule has 5 aromatic rings. The van der Waals surface area contributed by atoms with Crippen molar-refractivity contribution in [1.82, 2.24) is 34.6 Å². The number of piperazine rings is 1. The highest BCUT2D eigenvalue weighted by Gasteiger charge is 2.23. The Labute approximate surface area is 194 Å². The van der Waals surface area contributed by atoms with Crippen LogP contribution < -0.4 is 9.80 Å². The van der Waals surface area contributed by atoms with E-state index in [1.54, 1.807) is 16.0 Å². The fourth-order valence-electron chi connectivity index (χ4n) is 4.16. The Morgan fingerprint density at radius 2 is 1.64 bits per heavy atom. The minimum Gasteiger partial charge on any atom is -0.364 e. The number of hydrogen-bond acceptors (Lipinski definition) is 8. The molecule has 1 aliphatic heterocycles. The van der Waals surface area contributed by atoms with Crippen LogP contribution in [-0.2, 0) is 13.5 Å². The molecule has 0 spiro atoms. The molecule has 0 aliphatic carbocycles. The van der Waals surface area contributed by atoms with E-state index < -0.39 is 0 Å². The van der Waals surface area contributed by atoms with Crippen LogP contribution in [0.5, 0.6) is 0 Å². The van der Waals surface area contributed by atoms with Crippen LogP contribution in [0.2, 0.25) is 0 Å². The Balaban J connectivity index is 1.14. The first kappa shape index (κ1) is 19.9. The second-order valence-electron chi connectivity index (χ2n) is 8.16. The van der Waals surface area contributed by atoms with Gasteiger partial charge in [0.1, 0.15) is 10.7 Å². The largest absolute Gasteiger partial charge is 0.364 e. The van der Waals surface area contributed by atoms with Crippen molar-refractivity contribution in [3.8, 4) is 11.1 Å². The predicted molar refractivity (Wildman–Crippen MR) is 129 cm³/mol. The van der Waals surface area contributed by atoms with Crippen LogP contribution in [0.15, 0.2) is 61.3 Å². The molecule has 9 nitrogen and oxygen atoms in total. The topological polar surface area (TPSA) is 80.3 Å². The summed E-state index contributed by atoms with van der Waals surface area (Å²) in [5.41, 5.74) is 5.22. The van der Waals surface area contributed by atoms with E-state index in [0.29, 0.717) is 0 Å². The molecule has 0 N–H and O–H groups in total. The van der Waals surface area contributed by atoms with Gasteiger partial charge in [0, 0.05) is 69.4 Å². The van der Waals surface area contributed by atoms with Crippen LogP contribution in [0, 0.1) is 0 Å². The Kier molecular flexibility index (Phi) is 4.99. The minimum absolute atomic E-state index is 0.827. The van der Waals surface area contributed by atoms with Crippen LogP contribution in [-0.4, -0.2) is 60.8 Å². The fraction of sp³-hybridized carbons (Fsp3) is 0.261. The van der Waals surface area contributed by atoms with Gasteiger partial charge in [-0.3, -0.25) is 4.68 Å². The maximum atomic E-state index is 4.71. The van der Waals surface area contributed by atoms with Crippen molar-refractivity contribution in [2.75, 3.05) is 36.0 Å². The standard InChI is InChI=1S/C23H23N9S/c1-29-15-19(13-25-29)18-12-24-22-20(14-26-32(22)16-18)30-7-9-31(10-8-30)23-28-27-21(33-23)11-17-5-3-2-4-6-17/h2-6,12-16H,7-11H2,1H3. The zero-order valence-corrected chi connectivity index (χ0v) is 19.1. The maximum absolute atomic E-state index is 4.71. The highest BCUT2D eigenvalue weighted by atomic mass is 32.1. The lowest BCUT2D eigenvalue weighted by Gasteiger charge is -2.34. The molecule has 6 rings (SSSR count). The molecule has 33 heavy (non-hydrogen) atoms. The van der Waals surface area contributed by atoms with Crippen LogP contribution in [0.1, 0.15) is 10.6 Å². The van der Waals surface area contributed by atoms with E-state index in [2.05, 4.69) is 54.5 Å². The molecule has 5 heterocycles. The van der Waals surface area contributed by atoms with E-state index in [-0.39, 0.29) is 0 Å². The summed E-state index contributed by atoms with van der Waals surface area (Å²) in [6, 6.07) is 10.4. The van der Waals surface area contributed by atoms with Crippen molar-refractivity contribution in [2.45, 2.75) is 6.42 Å². The maximum Gasteiger partial charge on any atom is 0.208 e. The Bertz CT molecular complexity index is 1380. The third kappa shape index (κ3) is 3.93. The van der Waals surface area contributed by atoms with Crippen LogP contribution in [0.25, 0.3) is 16.8 Å². The molecule has 1 aromatic carbocycles. The van der Waals surface area contributed by atoms with Gasteiger partial charge in [-0.1, -0.05) is 41.7 Å². The zero-order valence-electron chi connectivity index (χ0n) is 18.2. The van der Waals surface area contributed by atoms with Crippen molar-refractivity contribution in [2.24, 2.45) is 7.05 Å². The van der Waals surface area contributed by atoms with Crippen LogP contribution in [0.3, 0.4) is 0 Å². The van der Waals surface area contributed by atoms with Gasteiger partial charge < -0.3 is 9.80 Å². The number of anilines is 2. The highest BCUT2D eigenvalue weighted by Crippen LogP contribution is 2.27. The van der Waals surface area contributed by atoms with Gasteiger partial charge in [-0.2, -0.15) is 10.2 Å². The third-order valence-corrected chi connectivity index (χ3v) is 6.91. The molecule has 0 radical (unpaired) electrons. The molecule has 166 valence electrons. The second kappa shape index (κ2) is 8.28. The molecular formula is C23H23N9S. The number of aryl methyl sites for hydroxylation is 1. The van der Waals surface area contributed by atoms with Crippen molar-refractivity contribution >= 4 is 27.8 Å². The van der Waals surface area contributed by atoms with Gasteiger partial charge in [0.2, 0.25) is 5.13 Å². The third-order valence-electron chi connectivity index (χ3n) is 5.92. The smallest absolute Gasteiger partial charge is 0.208 e. The van der Waals surface area contributed by atoms with Gasteiger partial charge in [0.25, 0.3) is 0 Å². The molecule has 0 amide bonds. The molecule has 0 unspecified atom stereocenters. The summed E-state index contributed by atoms with van der Waals surface area (Å²) in [7, 11) is 1.91. The molecule has 1 saturated heterocycles. The lowest BCUT2D eigenvalue weighted by molar-refractivity contribution is 0.650. The SMILES string of the molecule is Cn1cc(-c2cnc3c(N4CCN(c5nnc(Cc6ccccc6)s5)CC4)cnn3c2)cn1. The van der Waals surface area contributed by atoms with E-state index in [1.165, 1.54) is 5.56 Å². The lowest BCUT2D eigenvalue weighted by atomic mass is 10.2. The monoisotopic (exact) mass is 457 g/mol. The normalized spacial score (nSPS) is 14.3. The summed E-state index contributed by atoms with van der Waals surface area (Å²) in [4.78, 5) is 9.38. The van der Waals surface area contributed by atoms with E-state index >= 15 is 0 Å². The van der Waals surface area contributed by atoms with Gasteiger partial charge >= 0.3 is 0 Å². The molecule has 4 aromatic heterocycles. The average molecular weight is 458 g/mol. The second-order valence-corrected chi connectivity index (χ2v) is 9.20. The van der Waals surface area contributed by atoms with E-state index in [9.17, 15) is 0 Å². The Hall–Kier alpha value is -3.79. The minimum atomic E-state index is 0.827. The van der Waals surface area contributed by atoms with Crippen molar-refractivity contribution in [1.29, 1.82) is 0 Å². The Morgan fingerprint density at radius 1 is 0.848 bits per heavy atom. The quantitative estimate of drug-likeness (QED) is 0.401. The lowest BCUT2D eigenvalue weighted by Crippen LogP contribution is -2.46. The van der Waals surface area contributed by atoms with Gasteiger partial charge in [-0.05, 0) is 5.56 Å². The van der Waals surface area contributed by atoms with Crippen molar-refractivity contribution < 1.29 is 0 Å². The first-order valence-electron chi connectivity index (χ1n) is 10.9. The summed E-state index contributed by atoms with van der Waals surface area (Å²) in [6.07, 6.45) is 10.5. The summed E-state index contributed by atoms with van der Waals surface area (Å²) >= 11 is 1.69. The Morgan fingerprint density at radius 3 is 2.42 bits per heavy atom. The first-order valence-corrected chi connectivity index (χ1v) is 11.7. The number of hydrogen-bond donors (Lipinski definition) is 0.